The van der Waals surface area contributed by atoms with E-state index in [-0.39, 0.29) is 0 Å². The average Bonchev–Trinajstić information content (AvgIpc) is 2.85. The second-order valence-electron chi connectivity index (χ2n) is 3.88. The highest BCUT2D eigenvalue weighted by molar-refractivity contribution is 5.90. The Balaban J connectivity index is 1.86. The summed E-state index contributed by atoms with van der Waals surface area (Å²) in [5.41, 5.74) is 11.2. The molecule has 0 atom stereocenters. The molecule has 2 aromatic rings. The maximum absolute atomic E-state index is 3.35. The van der Waals surface area contributed by atoms with Crippen molar-refractivity contribution in [2.45, 2.75) is 0 Å². The van der Waals surface area contributed by atoms with Gasteiger partial charge in [0.25, 0.3) is 0 Å². The van der Waals surface area contributed by atoms with Gasteiger partial charge in [0.15, 0.2) is 0 Å². The number of benzene rings is 2. The van der Waals surface area contributed by atoms with Gasteiger partial charge in [-0.3, -0.25) is 10.9 Å². The van der Waals surface area contributed by atoms with E-state index < -0.39 is 0 Å². The topological polar surface area (TPSA) is 30.5 Å². The molecule has 4 rings (SSSR count). The van der Waals surface area contributed by atoms with Gasteiger partial charge in [-0.15, -0.1) is 0 Å². The van der Waals surface area contributed by atoms with Crippen LogP contribution >= 0.6 is 0 Å². The van der Waals surface area contributed by atoms with Crippen LogP contribution in [0.2, 0.25) is 0 Å². The van der Waals surface area contributed by atoms with Gasteiger partial charge in [0.2, 0.25) is 0 Å². The van der Waals surface area contributed by atoms with E-state index in [1.165, 1.54) is 0 Å². The van der Waals surface area contributed by atoms with Crippen molar-refractivity contribution in [1.29, 1.82) is 0 Å². The lowest BCUT2D eigenvalue weighted by Gasteiger charge is -2.21. The fourth-order valence-electron chi connectivity index (χ4n) is 2.17. The highest BCUT2D eigenvalue weighted by Gasteiger charge is 2.33. The first-order valence-corrected chi connectivity index (χ1v) is 5.25. The second kappa shape index (κ2) is 2.61. The largest absolute Gasteiger partial charge is 0.276 e. The molecule has 2 N–H and O–H groups in total. The predicted molar refractivity (Wildman–Crippen MR) is 65.1 cm³/mol. The summed E-state index contributed by atoms with van der Waals surface area (Å²) in [6.07, 6.45) is 0. The Morgan fingerprint density at radius 1 is 0.625 bits per heavy atom. The Kier molecular flexibility index (Phi) is 1.28. The molecule has 0 saturated carbocycles. The normalized spacial score (nSPS) is 15.0. The van der Waals surface area contributed by atoms with E-state index in [9.17, 15) is 0 Å². The zero-order chi connectivity index (χ0) is 10.5. The van der Waals surface area contributed by atoms with Gasteiger partial charge in [-0.05, 0) is 24.3 Å². The number of para-hydroxylation sites is 4. The molecule has 0 amide bonds. The lowest BCUT2D eigenvalue weighted by atomic mass is 10.3. The smallest absolute Gasteiger partial charge is 0.108 e. The van der Waals surface area contributed by atoms with E-state index in [1.807, 2.05) is 34.5 Å². The summed E-state index contributed by atoms with van der Waals surface area (Å²) in [4.78, 5) is 0. The SMILES string of the molecule is c1ccc2c(c1)NN1c3ccccc3NN21. The van der Waals surface area contributed by atoms with Crippen molar-refractivity contribution < 1.29 is 0 Å². The van der Waals surface area contributed by atoms with Crippen LogP contribution in [0.3, 0.4) is 0 Å². The first-order valence-electron chi connectivity index (χ1n) is 5.25. The van der Waals surface area contributed by atoms with Crippen LogP contribution in [0.5, 0.6) is 0 Å². The van der Waals surface area contributed by atoms with Crippen LogP contribution in [0.25, 0.3) is 0 Å². The van der Waals surface area contributed by atoms with Gasteiger partial charge in [-0.1, -0.05) is 24.3 Å². The number of anilines is 4. The number of hydrogen-bond acceptors (Lipinski definition) is 4. The van der Waals surface area contributed by atoms with Crippen molar-refractivity contribution in [1.82, 2.24) is 0 Å². The zero-order valence-corrected chi connectivity index (χ0v) is 8.51. The van der Waals surface area contributed by atoms with Crippen LogP contribution in [0.4, 0.5) is 22.7 Å². The van der Waals surface area contributed by atoms with Crippen molar-refractivity contribution in [3.05, 3.63) is 48.5 Å². The fraction of sp³-hybridized carbons (Fsp3) is 0. The summed E-state index contributed by atoms with van der Waals surface area (Å²) in [6, 6.07) is 16.4. The minimum absolute atomic E-state index is 1.12. The molecule has 0 bridgehead atoms. The lowest BCUT2D eigenvalue weighted by molar-refractivity contribution is 0.955. The van der Waals surface area contributed by atoms with Crippen molar-refractivity contribution in [2.75, 3.05) is 21.1 Å². The molecule has 2 aliphatic heterocycles. The first-order chi connectivity index (χ1) is 7.93. The van der Waals surface area contributed by atoms with Gasteiger partial charge in [0.05, 0.1) is 11.4 Å². The number of nitrogens with zero attached hydrogens (tertiary/aromatic N) is 2. The van der Waals surface area contributed by atoms with Gasteiger partial charge >= 0.3 is 0 Å². The van der Waals surface area contributed by atoms with Crippen LogP contribution in [0, 0.1) is 0 Å². The Hall–Kier alpha value is -2.36. The summed E-state index contributed by atoms with van der Waals surface area (Å²) < 4.78 is 0. The minimum atomic E-state index is 1.12. The first kappa shape index (κ1) is 7.87. The van der Waals surface area contributed by atoms with Gasteiger partial charge in [-0.25, -0.2) is 0 Å². The maximum atomic E-state index is 3.35. The number of hydrogen-bond donors (Lipinski definition) is 2. The molecule has 2 aliphatic rings. The highest BCUT2D eigenvalue weighted by Crippen LogP contribution is 2.43. The molecule has 2 aromatic carbocycles. The number of rotatable bonds is 0. The molecule has 2 heterocycles. The van der Waals surface area contributed by atoms with Crippen molar-refractivity contribution >= 4 is 22.7 Å². The minimum Gasteiger partial charge on any atom is -0.276 e. The Bertz CT molecular complexity index is 515. The van der Waals surface area contributed by atoms with E-state index in [2.05, 4.69) is 35.1 Å². The van der Waals surface area contributed by atoms with Gasteiger partial charge < -0.3 is 0 Å². The Morgan fingerprint density at radius 3 is 1.56 bits per heavy atom. The summed E-state index contributed by atoms with van der Waals surface area (Å²) >= 11 is 0. The number of hydrazine groups is 3. The van der Waals surface area contributed by atoms with Crippen LogP contribution in [-0.4, -0.2) is 0 Å². The molecule has 16 heavy (non-hydrogen) atoms. The molecule has 0 saturated heterocycles. The number of nitrogens with one attached hydrogen (secondary N) is 2. The third kappa shape index (κ3) is 0.839. The lowest BCUT2D eigenvalue weighted by Crippen LogP contribution is -2.39. The summed E-state index contributed by atoms with van der Waals surface area (Å²) in [5, 5.41) is 4.03. The van der Waals surface area contributed by atoms with E-state index >= 15 is 0 Å². The zero-order valence-electron chi connectivity index (χ0n) is 8.51. The fourth-order valence-corrected chi connectivity index (χ4v) is 2.17. The Labute approximate surface area is 93.0 Å². The van der Waals surface area contributed by atoms with Crippen molar-refractivity contribution in [3.8, 4) is 0 Å². The molecule has 4 heteroatoms. The molecular weight excluding hydrogens is 200 g/mol. The molecule has 0 aromatic heterocycles. The van der Waals surface area contributed by atoms with Gasteiger partial charge in [-0.2, -0.15) is 10.2 Å². The predicted octanol–water partition coefficient (Wildman–Crippen LogP) is 2.60. The third-order valence-corrected chi connectivity index (χ3v) is 2.92. The molecule has 0 fully saturated rings. The molecule has 4 nitrogen and oxygen atoms in total. The Morgan fingerprint density at radius 2 is 1.06 bits per heavy atom. The maximum Gasteiger partial charge on any atom is 0.108 e. The highest BCUT2D eigenvalue weighted by atomic mass is 16.0. The van der Waals surface area contributed by atoms with Gasteiger partial charge in [0.1, 0.15) is 11.4 Å². The third-order valence-electron chi connectivity index (χ3n) is 2.92. The second-order valence-corrected chi connectivity index (χ2v) is 3.88. The van der Waals surface area contributed by atoms with E-state index in [4.69, 9.17) is 0 Å². The molecule has 0 aliphatic carbocycles. The van der Waals surface area contributed by atoms with Crippen LogP contribution < -0.4 is 21.1 Å². The monoisotopic (exact) mass is 210 g/mol. The molecule has 78 valence electrons. The standard InChI is InChI=1S/C12H10N4/c1-3-7-11-9(5-1)13-16-12-8-4-2-6-10(12)14-15(11)16/h1-8,13-14H. The van der Waals surface area contributed by atoms with Crippen molar-refractivity contribution in [2.24, 2.45) is 0 Å². The number of fused-ring (bicyclic) bond motifs is 5. The molecule has 0 radical (unpaired) electrons. The molecule has 0 spiro atoms. The van der Waals surface area contributed by atoms with Crippen LogP contribution in [0.15, 0.2) is 48.5 Å². The van der Waals surface area contributed by atoms with Crippen molar-refractivity contribution in [3.63, 3.8) is 0 Å². The van der Waals surface area contributed by atoms with E-state index in [1.54, 1.807) is 0 Å². The van der Waals surface area contributed by atoms with E-state index in [0.29, 0.717) is 0 Å². The average molecular weight is 210 g/mol. The summed E-state index contributed by atoms with van der Waals surface area (Å²) in [6.45, 7) is 0. The molecule has 0 unspecified atom stereocenters. The summed E-state index contributed by atoms with van der Waals surface area (Å²) in [5.74, 6) is 0. The summed E-state index contributed by atoms with van der Waals surface area (Å²) in [7, 11) is 0. The van der Waals surface area contributed by atoms with Crippen LogP contribution in [0.1, 0.15) is 0 Å². The van der Waals surface area contributed by atoms with Crippen LogP contribution in [-0.2, 0) is 0 Å². The quantitative estimate of drug-likeness (QED) is 0.699. The van der Waals surface area contributed by atoms with E-state index in [0.717, 1.165) is 22.7 Å². The molecular formula is C12H10N4. The van der Waals surface area contributed by atoms with Gasteiger partial charge in [0, 0.05) is 0 Å².